The molecule has 1 fully saturated rings. The highest BCUT2D eigenvalue weighted by molar-refractivity contribution is 6.32. The van der Waals surface area contributed by atoms with Gasteiger partial charge in [0.25, 0.3) is 0 Å². The number of halogens is 1. The second kappa shape index (κ2) is 6.49. The normalized spacial score (nSPS) is 23.5. The van der Waals surface area contributed by atoms with Crippen LogP contribution in [0.15, 0.2) is 18.2 Å². The molecule has 0 spiro atoms. The smallest absolute Gasteiger partial charge is 0.137 e. The highest BCUT2D eigenvalue weighted by Crippen LogP contribution is 2.32. The molecular weight excluding hydrogens is 260 g/mol. The molecule has 0 amide bonds. The van der Waals surface area contributed by atoms with E-state index in [4.69, 9.17) is 16.3 Å². The van der Waals surface area contributed by atoms with Crippen molar-refractivity contribution < 1.29 is 4.74 Å². The van der Waals surface area contributed by atoms with E-state index in [9.17, 15) is 0 Å². The highest BCUT2D eigenvalue weighted by Gasteiger charge is 2.25. The average Bonchev–Trinajstić information content (AvgIpc) is 2.39. The Kier molecular flexibility index (Phi) is 4.94. The predicted molar refractivity (Wildman–Crippen MR) is 81.5 cm³/mol. The second-order valence-electron chi connectivity index (χ2n) is 5.14. The molecule has 106 valence electrons. The van der Waals surface area contributed by atoms with Gasteiger partial charge in [-0.2, -0.15) is 0 Å². The molecule has 19 heavy (non-hydrogen) atoms. The van der Waals surface area contributed by atoms with Crippen molar-refractivity contribution >= 4 is 17.3 Å². The van der Waals surface area contributed by atoms with Crippen LogP contribution in [-0.4, -0.2) is 32.3 Å². The summed E-state index contributed by atoms with van der Waals surface area (Å²) in [6, 6.07) is 7.22. The summed E-state index contributed by atoms with van der Waals surface area (Å²) in [5.74, 6) is 0.737. The van der Waals surface area contributed by atoms with Crippen LogP contribution in [0.2, 0.25) is 5.02 Å². The number of methoxy groups -OCH3 is 1. The Hall–Kier alpha value is -0.930. The molecule has 1 N–H and O–H groups in total. The highest BCUT2D eigenvalue weighted by atomic mass is 35.5. The number of rotatable bonds is 4. The van der Waals surface area contributed by atoms with E-state index in [0.717, 1.165) is 18.8 Å². The summed E-state index contributed by atoms with van der Waals surface area (Å²) in [6.07, 6.45) is 2.36. The number of benzene rings is 1. The molecule has 0 aromatic heterocycles. The van der Waals surface area contributed by atoms with Gasteiger partial charge in [0.2, 0.25) is 0 Å². The first-order valence-corrected chi connectivity index (χ1v) is 7.37. The standard InChI is InChI=1S/C15H23ClN2O/c1-4-17-12-7-8-18(11(2)9-12)13-5-6-15(19-3)14(16)10-13/h5-6,10-12,17H,4,7-9H2,1-3H3. The monoisotopic (exact) mass is 282 g/mol. The van der Waals surface area contributed by atoms with Gasteiger partial charge in [-0.3, -0.25) is 0 Å². The molecule has 1 aliphatic rings. The van der Waals surface area contributed by atoms with E-state index in [2.05, 4.69) is 30.1 Å². The second-order valence-corrected chi connectivity index (χ2v) is 5.55. The van der Waals surface area contributed by atoms with Gasteiger partial charge < -0.3 is 15.0 Å². The number of hydrogen-bond donors (Lipinski definition) is 1. The van der Waals surface area contributed by atoms with Crippen LogP contribution in [0.5, 0.6) is 5.75 Å². The lowest BCUT2D eigenvalue weighted by Crippen LogP contribution is -2.47. The molecule has 0 aliphatic carbocycles. The summed E-state index contributed by atoms with van der Waals surface area (Å²) in [6.45, 7) is 6.56. The lowest BCUT2D eigenvalue weighted by atomic mass is 9.97. The van der Waals surface area contributed by atoms with Gasteiger partial charge in [0.05, 0.1) is 12.1 Å². The molecule has 1 aromatic carbocycles. The van der Waals surface area contributed by atoms with E-state index in [-0.39, 0.29) is 0 Å². The van der Waals surface area contributed by atoms with Crippen molar-refractivity contribution in [1.82, 2.24) is 5.32 Å². The molecule has 4 heteroatoms. The summed E-state index contributed by atoms with van der Waals surface area (Å²) in [7, 11) is 1.64. The average molecular weight is 283 g/mol. The van der Waals surface area contributed by atoms with Crippen LogP contribution >= 0.6 is 11.6 Å². The number of nitrogens with zero attached hydrogens (tertiary/aromatic N) is 1. The fraction of sp³-hybridized carbons (Fsp3) is 0.600. The molecule has 2 unspecified atom stereocenters. The van der Waals surface area contributed by atoms with Crippen LogP contribution < -0.4 is 15.0 Å². The van der Waals surface area contributed by atoms with Crippen molar-refractivity contribution in [2.45, 2.75) is 38.8 Å². The molecule has 2 rings (SSSR count). The first-order valence-electron chi connectivity index (χ1n) is 6.99. The van der Waals surface area contributed by atoms with Gasteiger partial charge in [0.1, 0.15) is 5.75 Å². The van der Waals surface area contributed by atoms with Crippen LogP contribution in [-0.2, 0) is 0 Å². The maximum absolute atomic E-state index is 6.21. The largest absolute Gasteiger partial charge is 0.495 e. The third-order valence-corrected chi connectivity index (χ3v) is 4.13. The van der Waals surface area contributed by atoms with Gasteiger partial charge in [-0.05, 0) is 44.5 Å². The topological polar surface area (TPSA) is 24.5 Å². The molecule has 1 heterocycles. The number of nitrogens with one attached hydrogen (secondary N) is 1. The Morgan fingerprint density at radius 3 is 2.84 bits per heavy atom. The Balaban J connectivity index is 2.08. The van der Waals surface area contributed by atoms with Crippen molar-refractivity contribution in [3.05, 3.63) is 23.2 Å². The van der Waals surface area contributed by atoms with Crippen molar-refractivity contribution in [2.24, 2.45) is 0 Å². The fourth-order valence-corrected chi connectivity index (χ4v) is 3.12. The number of piperidine rings is 1. The van der Waals surface area contributed by atoms with Gasteiger partial charge in [0, 0.05) is 24.3 Å². The van der Waals surface area contributed by atoms with Crippen LogP contribution in [0.4, 0.5) is 5.69 Å². The molecule has 3 nitrogen and oxygen atoms in total. The summed E-state index contributed by atoms with van der Waals surface area (Å²) in [4.78, 5) is 2.43. The minimum Gasteiger partial charge on any atom is -0.495 e. The predicted octanol–water partition coefficient (Wildman–Crippen LogP) is 3.32. The molecule has 1 aliphatic heterocycles. The molecule has 0 radical (unpaired) electrons. The molecule has 2 atom stereocenters. The van der Waals surface area contributed by atoms with E-state index in [1.807, 2.05) is 12.1 Å². The lowest BCUT2D eigenvalue weighted by molar-refractivity contribution is 0.374. The van der Waals surface area contributed by atoms with E-state index >= 15 is 0 Å². The molecule has 0 bridgehead atoms. The SMILES string of the molecule is CCNC1CCN(c2ccc(OC)c(Cl)c2)C(C)C1. The minimum absolute atomic E-state index is 0.530. The molecular formula is C15H23ClN2O. The van der Waals surface area contributed by atoms with Crippen molar-refractivity contribution in [2.75, 3.05) is 25.1 Å². The first-order chi connectivity index (χ1) is 9.15. The van der Waals surface area contributed by atoms with Gasteiger partial charge in [-0.25, -0.2) is 0 Å². The number of hydrogen-bond acceptors (Lipinski definition) is 3. The van der Waals surface area contributed by atoms with Crippen LogP contribution in [0.1, 0.15) is 26.7 Å². The molecule has 0 saturated carbocycles. The summed E-state index contributed by atoms with van der Waals surface area (Å²) in [5, 5.41) is 4.23. The van der Waals surface area contributed by atoms with Gasteiger partial charge >= 0.3 is 0 Å². The van der Waals surface area contributed by atoms with Crippen molar-refractivity contribution in [3.8, 4) is 5.75 Å². The number of anilines is 1. The zero-order valence-corrected chi connectivity index (χ0v) is 12.7. The summed E-state index contributed by atoms with van der Waals surface area (Å²) < 4.78 is 5.20. The van der Waals surface area contributed by atoms with Gasteiger partial charge in [0.15, 0.2) is 0 Å². The van der Waals surface area contributed by atoms with Crippen LogP contribution in [0.3, 0.4) is 0 Å². The van der Waals surface area contributed by atoms with E-state index < -0.39 is 0 Å². The summed E-state index contributed by atoms with van der Waals surface area (Å²) >= 11 is 6.21. The quantitative estimate of drug-likeness (QED) is 0.917. The molecule has 1 saturated heterocycles. The van der Waals surface area contributed by atoms with E-state index in [1.54, 1.807) is 7.11 Å². The zero-order chi connectivity index (χ0) is 13.8. The lowest BCUT2D eigenvalue weighted by Gasteiger charge is -2.39. The minimum atomic E-state index is 0.530. The fourth-order valence-electron chi connectivity index (χ4n) is 2.86. The van der Waals surface area contributed by atoms with E-state index in [1.165, 1.54) is 18.5 Å². The first kappa shape index (κ1) is 14.5. The Morgan fingerprint density at radius 2 is 2.26 bits per heavy atom. The van der Waals surface area contributed by atoms with Gasteiger partial charge in [-0.1, -0.05) is 18.5 Å². The van der Waals surface area contributed by atoms with Crippen molar-refractivity contribution in [3.63, 3.8) is 0 Å². The maximum Gasteiger partial charge on any atom is 0.137 e. The Labute approximate surface area is 120 Å². The summed E-state index contributed by atoms with van der Waals surface area (Å²) in [5.41, 5.74) is 1.19. The third kappa shape index (κ3) is 3.34. The Bertz CT molecular complexity index is 425. The Morgan fingerprint density at radius 1 is 1.47 bits per heavy atom. The van der Waals surface area contributed by atoms with Crippen molar-refractivity contribution in [1.29, 1.82) is 0 Å². The van der Waals surface area contributed by atoms with E-state index in [0.29, 0.717) is 17.1 Å². The number of ether oxygens (including phenoxy) is 1. The maximum atomic E-state index is 6.21. The third-order valence-electron chi connectivity index (χ3n) is 3.84. The van der Waals surface area contributed by atoms with Crippen LogP contribution in [0, 0.1) is 0 Å². The molecule has 1 aromatic rings. The van der Waals surface area contributed by atoms with Gasteiger partial charge in [-0.15, -0.1) is 0 Å². The van der Waals surface area contributed by atoms with Crippen LogP contribution in [0.25, 0.3) is 0 Å². The zero-order valence-electron chi connectivity index (χ0n) is 11.9.